The summed E-state index contributed by atoms with van der Waals surface area (Å²) >= 11 is 2.23. The van der Waals surface area contributed by atoms with Crippen molar-refractivity contribution in [1.29, 1.82) is 0 Å². The third-order valence-electron chi connectivity index (χ3n) is 9.71. The maximum Gasteiger partial charge on any atom is 0.380 e. The molecule has 4 fully saturated rings. The second kappa shape index (κ2) is 11.2. The number of nitrogens with zero attached hydrogens (tertiary/aromatic N) is 3. The quantitative estimate of drug-likeness (QED) is 0.136. The molecule has 218 valence electrons. The van der Waals surface area contributed by atoms with Crippen molar-refractivity contribution < 1.29 is 43.1 Å². The summed E-state index contributed by atoms with van der Waals surface area (Å²) in [6.07, 6.45) is 0.906. The first kappa shape index (κ1) is 29.2. The molecule has 5 aliphatic heterocycles. The average molecular weight is 669 g/mol. The number of halogens is 1. The summed E-state index contributed by atoms with van der Waals surface area (Å²) in [5.74, 6) is 2.50. The Morgan fingerprint density at radius 2 is 1.82 bits per heavy atom. The monoisotopic (exact) mass is 668 g/mol. The number of amides is 1. The van der Waals surface area contributed by atoms with Crippen LogP contribution >= 0.6 is 22.6 Å². The number of aryl methyl sites for hydroxylation is 1. The summed E-state index contributed by atoms with van der Waals surface area (Å²) in [7, 11) is 0. The topological polar surface area (TPSA) is 145 Å². The minimum atomic E-state index is -1.42. The first-order valence-corrected chi connectivity index (χ1v) is 15.0. The van der Waals surface area contributed by atoms with Gasteiger partial charge in [0, 0.05) is 18.3 Å². The molecule has 0 aliphatic carbocycles. The number of carboxylic acids is 1. The summed E-state index contributed by atoms with van der Waals surface area (Å²) in [5, 5.41) is 23.9. The van der Waals surface area contributed by atoms with Crippen LogP contribution in [0.1, 0.15) is 25.8 Å². The molecule has 4 saturated heterocycles. The predicted molar refractivity (Wildman–Crippen MR) is 147 cm³/mol. The SMILES string of the molecule is CC([O-])[C@H]1C(=O)N2C(C(=O)[O-])=C(COc3ccc(CCC[N+]45CC[N+](CC(=O)ON)(CC4)CC5)cc3I)C(C)[C@H]12. The highest BCUT2D eigenvalue weighted by Gasteiger charge is 2.56. The van der Waals surface area contributed by atoms with Crippen LogP contribution in [0.15, 0.2) is 29.5 Å². The number of nitrogens with two attached hydrogens (primary N) is 1. The summed E-state index contributed by atoms with van der Waals surface area (Å²) in [5.41, 5.74) is 1.55. The molecule has 6 rings (SSSR count). The average Bonchev–Trinajstić information content (AvgIpc) is 3.17. The van der Waals surface area contributed by atoms with Gasteiger partial charge in [0.2, 0.25) is 5.91 Å². The van der Waals surface area contributed by atoms with Crippen molar-refractivity contribution in [3.8, 4) is 5.75 Å². The summed E-state index contributed by atoms with van der Waals surface area (Å²) < 4.78 is 8.88. The minimum Gasteiger partial charge on any atom is -0.852 e. The lowest BCUT2D eigenvalue weighted by molar-refractivity contribution is -1.08. The van der Waals surface area contributed by atoms with E-state index in [1.54, 1.807) is 0 Å². The van der Waals surface area contributed by atoms with Crippen molar-refractivity contribution in [3.05, 3.63) is 38.6 Å². The molecule has 5 aliphatic rings. The fraction of sp³-hybridized carbons (Fsp3) is 0.607. The van der Waals surface area contributed by atoms with Gasteiger partial charge in [-0.1, -0.05) is 19.9 Å². The standard InChI is InChI=1S/C28H37IN4O7/c1-17-20(26(28(37)38)31-25(17)24(18(2)34)27(31)36)16-39-22-6-5-19(14-21(22)29)4-3-7-32-8-11-33(12-9-32,13-10-32)15-23(35)40-30/h5-6,14,17-18,24-25H,3-4,7-13,15-16,30H2,1-2H3/t17?,18?,24-,25-,32?,33?/m1/s1. The number of ether oxygens (including phenoxy) is 1. The number of hydrogen-bond acceptors (Lipinski definition) is 8. The number of quaternary nitrogens is 2. The molecule has 40 heavy (non-hydrogen) atoms. The number of hydrogen-bond donors (Lipinski definition) is 1. The van der Waals surface area contributed by atoms with Gasteiger partial charge in [-0.05, 0) is 52.3 Å². The first-order valence-electron chi connectivity index (χ1n) is 13.9. The molecule has 0 saturated carbocycles. The van der Waals surface area contributed by atoms with Crippen LogP contribution in [0.4, 0.5) is 0 Å². The number of β-lactam (4-membered cyclic amide) rings is 1. The van der Waals surface area contributed by atoms with Gasteiger partial charge in [-0.25, -0.2) is 4.79 Å². The highest BCUT2D eigenvalue weighted by molar-refractivity contribution is 14.1. The molecular weight excluding hydrogens is 631 g/mol. The van der Waals surface area contributed by atoms with Gasteiger partial charge in [0.1, 0.15) is 51.6 Å². The summed E-state index contributed by atoms with van der Waals surface area (Å²) in [6, 6.07) is 5.61. The fourth-order valence-corrected chi connectivity index (χ4v) is 7.96. The minimum absolute atomic E-state index is 0.0169. The van der Waals surface area contributed by atoms with E-state index in [0.29, 0.717) is 17.9 Å². The lowest BCUT2D eigenvalue weighted by atomic mass is 9.78. The molecule has 4 atom stereocenters. The van der Waals surface area contributed by atoms with E-state index in [0.717, 1.165) is 71.2 Å². The third-order valence-corrected chi connectivity index (χ3v) is 10.6. The molecule has 0 spiro atoms. The number of carbonyl (C=O) groups excluding carboxylic acids is 3. The van der Waals surface area contributed by atoms with E-state index in [9.17, 15) is 24.6 Å². The molecule has 12 heteroatoms. The van der Waals surface area contributed by atoms with Crippen LogP contribution in [0, 0.1) is 15.4 Å². The summed E-state index contributed by atoms with van der Waals surface area (Å²) in [6.45, 7) is 10.9. The number of rotatable bonds is 11. The predicted octanol–water partition coefficient (Wildman–Crippen LogP) is -1.09. The zero-order valence-electron chi connectivity index (χ0n) is 23.0. The lowest BCUT2D eigenvalue weighted by Gasteiger charge is -2.55. The third kappa shape index (κ3) is 5.24. The van der Waals surface area contributed by atoms with Crippen LogP contribution in [0.3, 0.4) is 0 Å². The highest BCUT2D eigenvalue weighted by Crippen LogP contribution is 2.46. The number of benzene rings is 1. The van der Waals surface area contributed by atoms with Gasteiger partial charge in [-0.15, -0.1) is 6.10 Å². The van der Waals surface area contributed by atoms with E-state index in [1.807, 2.05) is 19.1 Å². The van der Waals surface area contributed by atoms with E-state index >= 15 is 0 Å². The zero-order chi connectivity index (χ0) is 28.8. The molecule has 5 heterocycles. The highest BCUT2D eigenvalue weighted by atomic mass is 127. The van der Waals surface area contributed by atoms with Crippen LogP contribution in [0.2, 0.25) is 0 Å². The second-order valence-corrected chi connectivity index (χ2v) is 13.1. The fourth-order valence-electron chi connectivity index (χ4n) is 7.23. The molecule has 0 radical (unpaired) electrons. The van der Waals surface area contributed by atoms with Crippen LogP contribution in [-0.4, -0.2) is 103 Å². The number of carbonyl (C=O) groups is 3. The van der Waals surface area contributed by atoms with Crippen LogP contribution in [0.5, 0.6) is 5.75 Å². The van der Waals surface area contributed by atoms with Crippen molar-refractivity contribution in [1.82, 2.24) is 4.90 Å². The van der Waals surface area contributed by atoms with E-state index in [-0.39, 0.29) is 24.2 Å². The number of carboxylic acid groups (broad SMARTS) is 1. The largest absolute Gasteiger partial charge is 0.852 e. The van der Waals surface area contributed by atoms with Crippen LogP contribution < -0.4 is 20.8 Å². The Bertz CT molecular complexity index is 1210. The molecule has 1 amide bonds. The Kier molecular flexibility index (Phi) is 8.18. The van der Waals surface area contributed by atoms with Gasteiger partial charge in [0.05, 0.1) is 27.8 Å². The van der Waals surface area contributed by atoms with E-state index in [1.165, 1.54) is 17.4 Å². The van der Waals surface area contributed by atoms with Crippen molar-refractivity contribution in [2.75, 3.05) is 59.0 Å². The lowest BCUT2D eigenvalue weighted by Crippen LogP contribution is -2.75. The normalized spacial score (nSPS) is 31.6. The molecule has 2 bridgehead atoms. The maximum atomic E-state index is 12.5. The number of aliphatic carboxylic acids is 1. The van der Waals surface area contributed by atoms with Gasteiger partial charge >= 0.3 is 5.97 Å². The molecule has 2 N–H and O–H groups in total. The van der Waals surface area contributed by atoms with E-state index < -0.39 is 29.9 Å². The molecule has 11 nitrogen and oxygen atoms in total. The Morgan fingerprint density at radius 1 is 1.18 bits per heavy atom. The van der Waals surface area contributed by atoms with Gasteiger partial charge in [0.25, 0.3) is 0 Å². The van der Waals surface area contributed by atoms with Gasteiger partial charge in [-0.2, -0.15) is 5.90 Å². The maximum absolute atomic E-state index is 12.5. The molecular formula is C28H37IN4O7. The number of piperazine rings is 3. The number of fused-ring (bicyclic) bond motifs is 4. The Balaban J connectivity index is 1.15. The van der Waals surface area contributed by atoms with E-state index in [4.69, 9.17) is 10.6 Å². The van der Waals surface area contributed by atoms with Gasteiger partial charge < -0.3 is 38.4 Å². The van der Waals surface area contributed by atoms with Gasteiger partial charge in [-0.3, -0.25) is 4.79 Å². The second-order valence-electron chi connectivity index (χ2n) is 11.9. The van der Waals surface area contributed by atoms with E-state index in [2.05, 4.69) is 33.5 Å². The van der Waals surface area contributed by atoms with Crippen molar-refractivity contribution in [3.63, 3.8) is 0 Å². The molecule has 0 aromatic heterocycles. The summed E-state index contributed by atoms with van der Waals surface area (Å²) in [4.78, 5) is 41.8. The van der Waals surface area contributed by atoms with Crippen LogP contribution in [-0.2, 0) is 25.6 Å². The van der Waals surface area contributed by atoms with Gasteiger partial charge in [0.15, 0.2) is 6.54 Å². The van der Waals surface area contributed by atoms with Crippen molar-refractivity contribution >= 4 is 40.4 Å². The Labute approximate surface area is 247 Å². The Hall–Kier alpha value is -2.26. The molecule has 2 unspecified atom stereocenters. The van der Waals surface area contributed by atoms with Crippen LogP contribution in [0.25, 0.3) is 0 Å². The molecule has 1 aromatic rings. The Morgan fingerprint density at radius 3 is 2.40 bits per heavy atom. The first-order chi connectivity index (χ1) is 19.0. The van der Waals surface area contributed by atoms with Crippen molar-refractivity contribution in [2.24, 2.45) is 17.7 Å². The smallest absolute Gasteiger partial charge is 0.380 e. The van der Waals surface area contributed by atoms with Crippen molar-refractivity contribution in [2.45, 2.75) is 38.8 Å². The molecule has 1 aromatic carbocycles. The zero-order valence-corrected chi connectivity index (χ0v) is 25.1.